The van der Waals surface area contributed by atoms with E-state index in [4.69, 9.17) is 4.52 Å². The molecule has 2 atom stereocenters. The lowest BCUT2D eigenvalue weighted by molar-refractivity contribution is -0.117. The van der Waals surface area contributed by atoms with Gasteiger partial charge in [-0.2, -0.15) is 0 Å². The molecule has 2 fully saturated rings. The van der Waals surface area contributed by atoms with E-state index in [1.54, 1.807) is 13.0 Å². The summed E-state index contributed by atoms with van der Waals surface area (Å²) in [4.78, 5) is 25.5. The van der Waals surface area contributed by atoms with Gasteiger partial charge in [0.05, 0.1) is 6.54 Å². The molecular formula is C15H21N3O3. The average Bonchev–Trinajstić information content (AvgIpc) is 3.04. The molecule has 3 rings (SSSR count). The van der Waals surface area contributed by atoms with Crippen LogP contribution in [0, 0.1) is 5.92 Å². The summed E-state index contributed by atoms with van der Waals surface area (Å²) in [6.45, 7) is 5.66. The summed E-state index contributed by atoms with van der Waals surface area (Å²) < 4.78 is 5.21. The van der Waals surface area contributed by atoms with Crippen molar-refractivity contribution in [2.24, 2.45) is 5.92 Å². The van der Waals surface area contributed by atoms with Crippen LogP contribution in [0.1, 0.15) is 48.9 Å². The Morgan fingerprint density at radius 2 is 2.19 bits per heavy atom. The van der Waals surface area contributed by atoms with Crippen LogP contribution in [0.15, 0.2) is 10.6 Å². The van der Waals surface area contributed by atoms with E-state index in [2.05, 4.69) is 22.3 Å². The second-order valence-electron chi connectivity index (χ2n) is 6.34. The van der Waals surface area contributed by atoms with Crippen molar-refractivity contribution in [2.75, 3.05) is 19.6 Å². The van der Waals surface area contributed by atoms with Crippen LogP contribution in [0.3, 0.4) is 0 Å². The van der Waals surface area contributed by atoms with E-state index in [0.717, 1.165) is 25.1 Å². The van der Waals surface area contributed by atoms with Gasteiger partial charge in [0.15, 0.2) is 5.69 Å². The van der Waals surface area contributed by atoms with Gasteiger partial charge in [0.1, 0.15) is 11.5 Å². The lowest BCUT2D eigenvalue weighted by Crippen LogP contribution is -2.40. The maximum Gasteiger partial charge on any atom is 0.273 e. The number of nitrogens with one attached hydrogen (secondary N) is 1. The topological polar surface area (TPSA) is 75.4 Å². The fourth-order valence-corrected chi connectivity index (χ4v) is 2.90. The SMILES string of the molecule is CC(=O)CN1C[C@@H](C)[C@H](NC(=O)c2cc(C3CC3)on2)C1. The quantitative estimate of drug-likeness (QED) is 0.882. The number of hydrogen-bond donors (Lipinski definition) is 1. The van der Waals surface area contributed by atoms with Crippen molar-refractivity contribution >= 4 is 11.7 Å². The molecule has 1 amide bonds. The number of nitrogens with zero attached hydrogens (tertiary/aromatic N) is 2. The second-order valence-corrected chi connectivity index (χ2v) is 6.34. The highest BCUT2D eigenvalue weighted by atomic mass is 16.5. The van der Waals surface area contributed by atoms with Crippen molar-refractivity contribution in [3.05, 3.63) is 17.5 Å². The number of Topliss-reactive ketones (excluding diaryl/α,β-unsaturated/α-hetero) is 1. The van der Waals surface area contributed by atoms with E-state index in [1.807, 2.05) is 0 Å². The molecule has 1 aromatic heterocycles. The minimum absolute atomic E-state index is 0.0536. The Labute approximate surface area is 123 Å². The number of amides is 1. The van der Waals surface area contributed by atoms with Crippen LogP contribution in [0.25, 0.3) is 0 Å². The number of rotatable bonds is 5. The predicted octanol–water partition coefficient (Wildman–Crippen LogP) is 1.19. The van der Waals surface area contributed by atoms with E-state index < -0.39 is 0 Å². The molecule has 2 aliphatic rings. The van der Waals surface area contributed by atoms with Crippen LogP contribution < -0.4 is 5.32 Å². The summed E-state index contributed by atoms with van der Waals surface area (Å²) >= 11 is 0. The van der Waals surface area contributed by atoms with Crippen LogP contribution in [0.2, 0.25) is 0 Å². The van der Waals surface area contributed by atoms with Gasteiger partial charge < -0.3 is 9.84 Å². The number of likely N-dealkylation sites (tertiary alicyclic amines) is 1. The normalized spacial score (nSPS) is 26.0. The molecule has 1 aliphatic carbocycles. The molecule has 0 unspecified atom stereocenters. The second kappa shape index (κ2) is 5.60. The van der Waals surface area contributed by atoms with Gasteiger partial charge in [-0.25, -0.2) is 0 Å². The van der Waals surface area contributed by atoms with Gasteiger partial charge in [-0.3, -0.25) is 14.5 Å². The minimum Gasteiger partial charge on any atom is -0.360 e. The first-order chi connectivity index (χ1) is 10.0. The van der Waals surface area contributed by atoms with Crippen LogP contribution >= 0.6 is 0 Å². The van der Waals surface area contributed by atoms with Gasteiger partial charge in [0.25, 0.3) is 5.91 Å². The van der Waals surface area contributed by atoms with Crippen molar-refractivity contribution in [2.45, 2.75) is 38.6 Å². The molecule has 114 valence electrons. The molecule has 0 aromatic carbocycles. The predicted molar refractivity (Wildman–Crippen MR) is 76.0 cm³/mol. The van der Waals surface area contributed by atoms with Gasteiger partial charge in [-0.05, 0) is 25.7 Å². The number of carbonyl (C=O) groups excluding carboxylic acids is 2. The van der Waals surface area contributed by atoms with Crippen LogP contribution in [-0.2, 0) is 4.79 Å². The average molecular weight is 291 g/mol. The number of ketones is 1. The summed E-state index contributed by atoms with van der Waals surface area (Å²) in [6, 6.07) is 1.80. The first-order valence-electron chi connectivity index (χ1n) is 7.52. The van der Waals surface area contributed by atoms with Crippen molar-refractivity contribution in [3.8, 4) is 0 Å². The molecule has 1 aromatic rings. The Bertz CT molecular complexity index is 550. The number of hydrogen-bond acceptors (Lipinski definition) is 5. The summed E-state index contributed by atoms with van der Waals surface area (Å²) in [5.74, 6) is 1.56. The summed E-state index contributed by atoms with van der Waals surface area (Å²) in [5, 5.41) is 6.86. The van der Waals surface area contributed by atoms with Gasteiger partial charge in [0, 0.05) is 31.1 Å². The van der Waals surface area contributed by atoms with Gasteiger partial charge >= 0.3 is 0 Å². The maximum absolute atomic E-state index is 12.2. The molecule has 0 radical (unpaired) electrons. The Morgan fingerprint density at radius 3 is 2.86 bits per heavy atom. The van der Waals surface area contributed by atoms with Crippen LogP contribution in [0.4, 0.5) is 0 Å². The standard InChI is InChI=1S/C15H21N3O3/c1-9-6-18(7-10(2)19)8-13(9)16-15(20)12-5-14(21-17-12)11-3-4-11/h5,9,11,13H,3-4,6-8H2,1-2H3,(H,16,20)/t9-,13-/m1/s1. The fraction of sp³-hybridized carbons (Fsp3) is 0.667. The monoisotopic (exact) mass is 291 g/mol. The van der Waals surface area contributed by atoms with E-state index in [0.29, 0.717) is 30.6 Å². The zero-order valence-corrected chi connectivity index (χ0v) is 12.5. The first-order valence-corrected chi connectivity index (χ1v) is 7.52. The molecule has 2 heterocycles. The largest absolute Gasteiger partial charge is 0.360 e. The molecule has 21 heavy (non-hydrogen) atoms. The van der Waals surface area contributed by atoms with Gasteiger partial charge in [-0.1, -0.05) is 12.1 Å². The van der Waals surface area contributed by atoms with E-state index in [9.17, 15) is 9.59 Å². The van der Waals surface area contributed by atoms with Gasteiger partial charge in [-0.15, -0.1) is 0 Å². The number of carbonyl (C=O) groups is 2. The lowest BCUT2D eigenvalue weighted by Gasteiger charge is -2.15. The molecule has 6 heteroatoms. The first kappa shape index (κ1) is 14.3. The summed E-state index contributed by atoms with van der Waals surface area (Å²) in [5.41, 5.74) is 0.356. The Balaban J connectivity index is 1.57. The van der Waals surface area contributed by atoms with Gasteiger partial charge in [0.2, 0.25) is 0 Å². The van der Waals surface area contributed by atoms with Crippen LogP contribution in [-0.4, -0.2) is 47.4 Å². The Kier molecular flexibility index (Phi) is 3.80. The molecule has 1 aliphatic heterocycles. The molecule has 1 saturated heterocycles. The Hall–Kier alpha value is -1.69. The number of aromatic nitrogens is 1. The van der Waals surface area contributed by atoms with Crippen molar-refractivity contribution in [3.63, 3.8) is 0 Å². The molecule has 1 saturated carbocycles. The zero-order valence-electron chi connectivity index (χ0n) is 12.5. The Morgan fingerprint density at radius 1 is 1.43 bits per heavy atom. The highest BCUT2D eigenvalue weighted by molar-refractivity contribution is 5.92. The van der Waals surface area contributed by atoms with E-state index in [-0.39, 0.29) is 17.7 Å². The van der Waals surface area contributed by atoms with Crippen molar-refractivity contribution in [1.29, 1.82) is 0 Å². The molecule has 6 nitrogen and oxygen atoms in total. The molecule has 0 bridgehead atoms. The third kappa shape index (κ3) is 3.32. The van der Waals surface area contributed by atoms with Crippen molar-refractivity contribution < 1.29 is 14.1 Å². The minimum atomic E-state index is -0.188. The fourth-order valence-electron chi connectivity index (χ4n) is 2.90. The van der Waals surface area contributed by atoms with Crippen LogP contribution in [0.5, 0.6) is 0 Å². The lowest BCUT2D eigenvalue weighted by atomic mass is 10.1. The maximum atomic E-state index is 12.2. The molecule has 0 spiro atoms. The third-order valence-electron chi connectivity index (χ3n) is 4.19. The van der Waals surface area contributed by atoms with E-state index in [1.165, 1.54) is 0 Å². The zero-order chi connectivity index (χ0) is 15.0. The highest BCUT2D eigenvalue weighted by Crippen LogP contribution is 2.40. The highest BCUT2D eigenvalue weighted by Gasteiger charge is 2.33. The van der Waals surface area contributed by atoms with Crippen molar-refractivity contribution in [1.82, 2.24) is 15.4 Å². The molecular weight excluding hydrogens is 270 g/mol. The summed E-state index contributed by atoms with van der Waals surface area (Å²) in [7, 11) is 0. The summed E-state index contributed by atoms with van der Waals surface area (Å²) in [6.07, 6.45) is 2.24. The third-order valence-corrected chi connectivity index (χ3v) is 4.19. The molecule has 1 N–H and O–H groups in total. The smallest absolute Gasteiger partial charge is 0.273 e. The van der Waals surface area contributed by atoms with E-state index >= 15 is 0 Å².